The van der Waals surface area contributed by atoms with E-state index in [2.05, 4.69) is 0 Å². The van der Waals surface area contributed by atoms with Crippen molar-refractivity contribution in [3.8, 4) is 11.5 Å². The zero-order valence-electron chi connectivity index (χ0n) is 19.4. The highest BCUT2D eigenvalue weighted by Crippen LogP contribution is 2.32. The monoisotopic (exact) mass is 476 g/mol. The Hall–Kier alpha value is -3.10. The summed E-state index contributed by atoms with van der Waals surface area (Å²) in [6, 6.07) is 6.48. The zero-order chi connectivity index (χ0) is 24.5. The van der Waals surface area contributed by atoms with E-state index in [4.69, 9.17) is 24.1 Å². The molecule has 0 saturated heterocycles. The van der Waals surface area contributed by atoms with Gasteiger partial charge in [0.2, 0.25) is 6.79 Å². The number of hydrogen-bond acceptors (Lipinski definition) is 8. The molecule has 0 aromatic heterocycles. The average molecular weight is 477 g/mol. The molecule has 9 nitrogen and oxygen atoms in total. The predicted octanol–water partition coefficient (Wildman–Crippen LogP) is 3.87. The van der Waals surface area contributed by atoms with E-state index < -0.39 is 5.97 Å². The van der Waals surface area contributed by atoms with Gasteiger partial charge in [0, 0.05) is 6.42 Å². The number of ether oxygens (including phenoxy) is 4. The lowest BCUT2D eigenvalue weighted by atomic mass is 9.82. The van der Waals surface area contributed by atoms with Crippen LogP contribution in [0, 0.1) is 17.8 Å². The number of carbonyl (C=O) groups is 4. The Balaban J connectivity index is 1.36. The lowest BCUT2D eigenvalue weighted by Crippen LogP contribution is -2.33. The quantitative estimate of drug-likeness (QED) is 0.321. The van der Waals surface area contributed by atoms with E-state index >= 15 is 0 Å². The Kier molecular flexibility index (Phi) is 9.30. The van der Waals surface area contributed by atoms with Gasteiger partial charge in [-0.05, 0) is 75.6 Å². The minimum Gasteiger partial charge on any atom is -0.481 e. The normalized spacial score (nSPS) is 24.5. The number of carboxylic acids is 1. The molecule has 0 unspecified atom stereocenters. The van der Waals surface area contributed by atoms with Crippen LogP contribution in [0.4, 0.5) is 0 Å². The summed E-state index contributed by atoms with van der Waals surface area (Å²) in [6.45, 7) is 1.52. The molecular weight excluding hydrogens is 444 g/mol. The molecule has 1 N–H and O–H groups in total. The third-order valence-electron chi connectivity index (χ3n) is 6.48. The smallest absolute Gasteiger partial charge is 0.314 e. The van der Waals surface area contributed by atoms with Gasteiger partial charge in [0.05, 0.1) is 17.8 Å². The number of aliphatic carboxylic acids is 1. The first-order chi connectivity index (χ1) is 16.4. The van der Waals surface area contributed by atoms with E-state index in [9.17, 15) is 19.2 Å². The molecule has 2 aliphatic rings. The molecule has 2 fully saturated rings. The molecule has 0 aliphatic heterocycles. The molecule has 0 radical (unpaired) electrons. The summed E-state index contributed by atoms with van der Waals surface area (Å²) in [5, 5.41) is 9.08. The molecule has 0 heterocycles. The number of carboxylic acid groups (broad SMARTS) is 1. The van der Waals surface area contributed by atoms with Gasteiger partial charge in [-0.3, -0.25) is 19.2 Å². The fourth-order valence-corrected chi connectivity index (χ4v) is 4.32. The number of esters is 3. The molecule has 186 valence electrons. The lowest BCUT2D eigenvalue weighted by Gasteiger charge is -2.30. The van der Waals surface area contributed by atoms with E-state index in [-0.39, 0.29) is 55.0 Å². The third kappa shape index (κ3) is 7.46. The summed E-state index contributed by atoms with van der Waals surface area (Å²) in [4.78, 5) is 47.1. The van der Waals surface area contributed by atoms with Gasteiger partial charge in [-0.1, -0.05) is 6.92 Å². The lowest BCUT2D eigenvalue weighted by molar-refractivity contribution is -0.159. The molecule has 0 bridgehead atoms. The van der Waals surface area contributed by atoms with Crippen molar-refractivity contribution >= 4 is 23.9 Å². The largest absolute Gasteiger partial charge is 0.481 e. The molecule has 34 heavy (non-hydrogen) atoms. The van der Waals surface area contributed by atoms with Crippen LogP contribution in [-0.4, -0.2) is 41.9 Å². The van der Waals surface area contributed by atoms with Crippen molar-refractivity contribution in [3.63, 3.8) is 0 Å². The predicted molar refractivity (Wildman–Crippen MR) is 119 cm³/mol. The molecule has 0 amide bonds. The second-order valence-electron chi connectivity index (χ2n) is 8.82. The van der Waals surface area contributed by atoms with E-state index in [1.54, 1.807) is 31.2 Å². The number of carbonyl (C=O) groups excluding carboxylic acids is 3. The van der Waals surface area contributed by atoms with E-state index in [0.717, 1.165) is 0 Å². The van der Waals surface area contributed by atoms with Gasteiger partial charge < -0.3 is 24.1 Å². The molecule has 9 heteroatoms. The van der Waals surface area contributed by atoms with Crippen molar-refractivity contribution in [1.82, 2.24) is 0 Å². The fourth-order valence-electron chi connectivity index (χ4n) is 4.32. The van der Waals surface area contributed by atoms with Crippen LogP contribution in [0.1, 0.15) is 64.7 Å². The van der Waals surface area contributed by atoms with Crippen LogP contribution >= 0.6 is 0 Å². The second kappa shape index (κ2) is 12.4. The number of benzene rings is 1. The first-order valence-electron chi connectivity index (χ1n) is 11.9. The molecule has 1 aromatic carbocycles. The zero-order valence-corrected chi connectivity index (χ0v) is 19.4. The van der Waals surface area contributed by atoms with E-state index in [1.165, 1.54) is 0 Å². The minimum absolute atomic E-state index is 0.177. The molecule has 0 spiro atoms. The molecule has 0 atom stereocenters. The fraction of sp³-hybridized carbons (Fsp3) is 0.600. The minimum atomic E-state index is -0.795. The van der Waals surface area contributed by atoms with E-state index in [0.29, 0.717) is 62.9 Å². The van der Waals surface area contributed by atoms with Crippen molar-refractivity contribution in [2.24, 2.45) is 17.8 Å². The average Bonchev–Trinajstić information content (AvgIpc) is 2.85. The van der Waals surface area contributed by atoms with Gasteiger partial charge in [-0.15, -0.1) is 0 Å². The van der Waals surface area contributed by atoms with Crippen LogP contribution in [0.25, 0.3) is 0 Å². The summed E-state index contributed by atoms with van der Waals surface area (Å²) in [5.41, 5.74) is 0. The Morgan fingerprint density at radius 1 is 0.794 bits per heavy atom. The van der Waals surface area contributed by atoms with Crippen LogP contribution in [0.3, 0.4) is 0 Å². The van der Waals surface area contributed by atoms with Gasteiger partial charge in [-0.25, -0.2) is 0 Å². The third-order valence-corrected chi connectivity index (χ3v) is 6.48. The highest BCUT2D eigenvalue weighted by atomic mass is 16.7. The van der Waals surface area contributed by atoms with Crippen LogP contribution in [0.5, 0.6) is 11.5 Å². The maximum Gasteiger partial charge on any atom is 0.314 e. The summed E-state index contributed by atoms with van der Waals surface area (Å²) >= 11 is 0. The topological polar surface area (TPSA) is 125 Å². The number of hydrogen-bond donors (Lipinski definition) is 1. The Morgan fingerprint density at radius 2 is 1.32 bits per heavy atom. The summed E-state index contributed by atoms with van der Waals surface area (Å²) in [7, 11) is 0. The van der Waals surface area contributed by atoms with Crippen molar-refractivity contribution < 1.29 is 43.2 Å². The molecular formula is C25H32O9. The standard InChI is InChI=1S/C25H32O9/c1-2-22(26)32-15-31-19-11-13-21(14-12-19)34-25(30)18-7-9-20(10-8-18)33-24(29)17-5-3-16(4-6-17)23(27)28/h11-14,16-18,20H,2-10,15H2,1H3,(H,27,28). The second-order valence-corrected chi connectivity index (χ2v) is 8.82. The Labute approximate surface area is 198 Å². The van der Waals surface area contributed by atoms with Gasteiger partial charge in [-0.2, -0.15) is 0 Å². The summed E-state index contributed by atoms with van der Waals surface area (Å²) in [6.07, 6.45) is 4.51. The molecule has 1 aromatic rings. The maximum atomic E-state index is 12.5. The van der Waals surface area contributed by atoms with Crippen LogP contribution in [0.15, 0.2) is 24.3 Å². The number of rotatable bonds is 9. The van der Waals surface area contributed by atoms with Crippen molar-refractivity contribution in [2.75, 3.05) is 6.79 Å². The maximum absolute atomic E-state index is 12.5. The van der Waals surface area contributed by atoms with Crippen molar-refractivity contribution in [3.05, 3.63) is 24.3 Å². The van der Waals surface area contributed by atoms with Gasteiger partial charge in [0.25, 0.3) is 0 Å². The van der Waals surface area contributed by atoms with Crippen LogP contribution < -0.4 is 9.47 Å². The molecule has 2 aliphatic carbocycles. The van der Waals surface area contributed by atoms with Crippen LogP contribution in [-0.2, 0) is 28.7 Å². The van der Waals surface area contributed by atoms with Gasteiger partial charge in [0.1, 0.15) is 17.6 Å². The molecule has 2 saturated carbocycles. The van der Waals surface area contributed by atoms with Crippen LogP contribution in [0.2, 0.25) is 0 Å². The Morgan fingerprint density at radius 3 is 1.91 bits per heavy atom. The molecule has 3 rings (SSSR count). The van der Waals surface area contributed by atoms with Crippen molar-refractivity contribution in [2.45, 2.75) is 70.8 Å². The van der Waals surface area contributed by atoms with Crippen molar-refractivity contribution in [1.29, 1.82) is 0 Å². The van der Waals surface area contributed by atoms with Gasteiger partial charge >= 0.3 is 23.9 Å². The highest BCUT2D eigenvalue weighted by molar-refractivity contribution is 5.76. The first-order valence-corrected chi connectivity index (χ1v) is 11.9. The summed E-state index contributed by atoms with van der Waals surface area (Å²) in [5.74, 6) is -1.68. The SMILES string of the molecule is CCC(=O)OCOc1ccc(OC(=O)C2CCC(OC(=O)C3CCC(C(=O)O)CC3)CC2)cc1. The summed E-state index contributed by atoms with van der Waals surface area (Å²) < 4.78 is 21.3. The van der Waals surface area contributed by atoms with E-state index in [1.807, 2.05) is 0 Å². The highest BCUT2D eigenvalue weighted by Gasteiger charge is 2.34. The Bertz CT molecular complexity index is 848. The van der Waals surface area contributed by atoms with Gasteiger partial charge in [0.15, 0.2) is 0 Å². The first kappa shape index (κ1) is 25.5.